The first-order valence-electron chi connectivity index (χ1n) is 24.3. The Morgan fingerprint density at radius 2 is 0.941 bits per heavy atom. The third kappa shape index (κ3) is 20.4. The number of piperidine rings is 4. The van der Waals surface area contributed by atoms with E-state index in [2.05, 4.69) is 36.1 Å². The van der Waals surface area contributed by atoms with Crippen molar-refractivity contribution in [1.29, 1.82) is 0 Å². The Morgan fingerprint density at radius 1 is 0.588 bits per heavy atom. The minimum Gasteiger partial charge on any atom is -0.466 e. The molecule has 2 amide bonds. The maximum absolute atomic E-state index is 11.9. The van der Waals surface area contributed by atoms with Crippen molar-refractivity contribution in [2.75, 3.05) is 83.7 Å². The second-order valence-corrected chi connectivity index (χ2v) is 21.2. The fourth-order valence-electron chi connectivity index (χ4n) is 7.57. The third-order valence-electron chi connectivity index (χ3n) is 12.1. The van der Waals surface area contributed by atoms with Crippen LogP contribution in [0, 0.1) is 22.2 Å². The highest BCUT2D eigenvalue weighted by atomic mass is 79.9. The van der Waals surface area contributed by atoms with E-state index in [1.54, 1.807) is 36.0 Å². The van der Waals surface area contributed by atoms with Gasteiger partial charge in [-0.25, -0.2) is 19.6 Å². The molecule has 1 aromatic heterocycles. The van der Waals surface area contributed by atoms with Gasteiger partial charge in [0.15, 0.2) is 0 Å². The maximum Gasteiger partial charge on any atom is 0.410 e. The molecule has 68 heavy (non-hydrogen) atoms. The van der Waals surface area contributed by atoms with Crippen molar-refractivity contribution in [3.63, 3.8) is 0 Å². The predicted octanol–water partition coefficient (Wildman–Crippen LogP) is 8.13. The largest absolute Gasteiger partial charge is 0.466 e. The van der Waals surface area contributed by atoms with E-state index in [0.717, 1.165) is 56.3 Å². The summed E-state index contributed by atoms with van der Waals surface area (Å²) < 4.78 is 31.7. The number of halogens is 1. The van der Waals surface area contributed by atoms with Crippen LogP contribution in [-0.4, -0.2) is 146 Å². The molecule has 0 saturated carbocycles. The summed E-state index contributed by atoms with van der Waals surface area (Å²) in [4.78, 5) is 84.5. The SMILES string of the molecule is CCOC(=O)C1(C)CCN(C(=O)OC(C)(C)C)CC1.CCOC(=O)C1(C)CCN(c2ncc(Br)cn2)CC1.CCOC(=O)C1(C)CCNCC1.CCOC(=O)C1CCN(C(=O)OC(C)(C)C)CC1. The molecule has 5 rings (SSSR count). The monoisotopic (exact) mass is 1030 g/mol. The summed E-state index contributed by atoms with van der Waals surface area (Å²) in [6.45, 7) is 31.5. The minimum atomic E-state index is -0.487. The van der Waals surface area contributed by atoms with Crippen LogP contribution in [0.2, 0.25) is 0 Å². The smallest absolute Gasteiger partial charge is 0.410 e. The molecule has 4 saturated heterocycles. The summed E-state index contributed by atoms with van der Waals surface area (Å²) in [5.74, 6) is 0.191. The van der Waals surface area contributed by atoms with Crippen LogP contribution in [0.1, 0.15) is 141 Å². The summed E-state index contributed by atoms with van der Waals surface area (Å²) in [6, 6.07) is 0. The van der Waals surface area contributed by atoms with Crippen LogP contribution >= 0.6 is 15.9 Å². The molecule has 4 aliphatic rings. The van der Waals surface area contributed by atoms with E-state index < -0.39 is 16.6 Å². The number of rotatable bonds is 9. The van der Waals surface area contributed by atoms with Crippen molar-refractivity contribution in [3.05, 3.63) is 16.9 Å². The zero-order valence-corrected chi connectivity index (χ0v) is 45.0. The van der Waals surface area contributed by atoms with E-state index in [4.69, 9.17) is 28.4 Å². The number of carbonyl (C=O) groups is 6. The van der Waals surface area contributed by atoms with Gasteiger partial charge in [0.2, 0.25) is 5.95 Å². The fraction of sp³-hybridized carbons (Fsp3) is 0.796. The Labute approximate surface area is 414 Å². The van der Waals surface area contributed by atoms with Gasteiger partial charge < -0.3 is 48.4 Å². The van der Waals surface area contributed by atoms with Crippen molar-refractivity contribution in [2.45, 2.75) is 153 Å². The number of amides is 2. The average molecular weight is 1030 g/mol. The molecule has 1 N–H and O–H groups in total. The van der Waals surface area contributed by atoms with Crippen LogP contribution in [0.4, 0.5) is 15.5 Å². The van der Waals surface area contributed by atoms with Crippen molar-refractivity contribution in [2.24, 2.45) is 22.2 Å². The maximum atomic E-state index is 11.9. The molecule has 1 aromatic rings. The number of hydrogen-bond acceptors (Lipinski definition) is 16. The number of likely N-dealkylation sites (tertiary alicyclic amines) is 2. The van der Waals surface area contributed by atoms with Crippen molar-refractivity contribution < 1.29 is 57.2 Å². The summed E-state index contributed by atoms with van der Waals surface area (Å²) in [6.07, 6.45) is 8.73. The molecule has 388 valence electrons. The van der Waals surface area contributed by atoms with Crippen LogP contribution in [0.25, 0.3) is 0 Å². The molecular formula is C49H83BrN6O12. The van der Waals surface area contributed by atoms with Gasteiger partial charge in [0.05, 0.1) is 53.1 Å². The molecular weight excluding hydrogens is 944 g/mol. The Hall–Kier alpha value is -4.26. The second kappa shape index (κ2) is 27.8. The first kappa shape index (κ1) is 59.9. The normalized spacial score (nSPS) is 18.8. The van der Waals surface area contributed by atoms with Gasteiger partial charge in [0.1, 0.15) is 11.2 Å². The fourth-order valence-corrected chi connectivity index (χ4v) is 7.77. The van der Waals surface area contributed by atoms with Gasteiger partial charge in [-0.15, -0.1) is 0 Å². The van der Waals surface area contributed by atoms with E-state index in [9.17, 15) is 28.8 Å². The van der Waals surface area contributed by atoms with Crippen LogP contribution < -0.4 is 10.2 Å². The molecule has 0 radical (unpaired) electrons. The van der Waals surface area contributed by atoms with E-state index in [1.807, 2.05) is 76.2 Å². The predicted molar refractivity (Wildman–Crippen MR) is 262 cm³/mol. The molecule has 5 heterocycles. The average Bonchev–Trinajstić information content (AvgIpc) is 3.27. The van der Waals surface area contributed by atoms with E-state index >= 15 is 0 Å². The number of nitrogens with one attached hydrogen (secondary N) is 1. The zero-order chi connectivity index (χ0) is 51.3. The highest BCUT2D eigenvalue weighted by Gasteiger charge is 2.41. The number of anilines is 1. The molecule has 4 aliphatic heterocycles. The number of hydrogen-bond donors (Lipinski definition) is 1. The lowest BCUT2D eigenvalue weighted by Crippen LogP contribution is -2.47. The van der Waals surface area contributed by atoms with Crippen LogP contribution in [0.3, 0.4) is 0 Å². The Morgan fingerprint density at radius 3 is 1.31 bits per heavy atom. The summed E-state index contributed by atoms with van der Waals surface area (Å²) >= 11 is 3.32. The van der Waals surface area contributed by atoms with Crippen LogP contribution in [0.15, 0.2) is 16.9 Å². The molecule has 0 bridgehead atoms. The molecule has 4 fully saturated rings. The Balaban J connectivity index is 0.000000315. The Bertz CT molecular complexity index is 1740. The van der Waals surface area contributed by atoms with Gasteiger partial charge in [-0.3, -0.25) is 19.2 Å². The van der Waals surface area contributed by atoms with Gasteiger partial charge >= 0.3 is 36.1 Å². The number of nitrogens with zero attached hydrogens (tertiary/aromatic N) is 5. The van der Waals surface area contributed by atoms with E-state index in [-0.39, 0.29) is 52.8 Å². The van der Waals surface area contributed by atoms with Gasteiger partial charge in [-0.05, 0) is 170 Å². The van der Waals surface area contributed by atoms with Crippen molar-refractivity contribution >= 4 is 57.9 Å². The lowest BCUT2D eigenvalue weighted by atomic mass is 9.80. The van der Waals surface area contributed by atoms with Crippen molar-refractivity contribution in [1.82, 2.24) is 25.1 Å². The first-order valence-corrected chi connectivity index (χ1v) is 25.1. The summed E-state index contributed by atoms with van der Waals surface area (Å²) in [7, 11) is 0. The molecule has 0 atom stereocenters. The third-order valence-corrected chi connectivity index (χ3v) is 12.5. The number of esters is 4. The summed E-state index contributed by atoms with van der Waals surface area (Å²) in [5, 5.41) is 3.23. The number of carbonyl (C=O) groups excluding carboxylic acids is 6. The van der Waals surface area contributed by atoms with E-state index in [1.165, 1.54) is 0 Å². The van der Waals surface area contributed by atoms with Crippen LogP contribution in [-0.2, 0) is 47.6 Å². The summed E-state index contributed by atoms with van der Waals surface area (Å²) in [5.41, 5.74) is -2.05. The van der Waals surface area contributed by atoms with Crippen molar-refractivity contribution in [3.8, 4) is 0 Å². The van der Waals surface area contributed by atoms with Gasteiger partial charge in [0, 0.05) is 51.7 Å². The highest BCUT2D eigenvalue weighted by molar-refractivity contribution is 9.10. The first-order chi connectivity index (χ1) is 31.7. The quantitative estimate of drug-likeness (QED) is 0.183. The highest BCUT2D eigenvalue weighted by Crippen LogP contribution is 2.35. The molecule has 0 aliphatic carbocycles. The molecule has 0 aromatic carbocycles. The van der Waals surface area contributed by atoms with Gasteiger partial charge in [-0.1, -0.05) is 0 Å². The standard InChI is InChI=1S/C14H25NO4.C13H18BrN3O2.C13H23NO4.C9H17NO2/c1-6-18-11(16)14(5)7-9-15(10-8-14)12(17)19-13(2,3)4;1-3-19-11(18)13(2)4-6-17(7-5-13)12-15-8-10(14)9-16-12;1-5-17-11(15)10-6-8-14(9-7-10)12(16)18-13(2,3)4;1-3-12-8(11)9(2)4-6-10-7-5-9/h6-10H2,1-5H3;8-9H,3-7H2,1-2H3;10H,5-9H2,1-4H3;10H,3-7H2,1-2H3. The number of aromatic nitrogens is 2. The van der Waals surface area contributed by atoms with E-state index in [0.29, 0.717) is 84.2 Å². The Kier molecular flexibility index (Phi) is 24.5. The molecule has 19 heteroatoms. The molecule has 18 nitrogen and oxygen atoms in total. The zero-order valence-electron chi connectivity index (χ0n) is 43.4. The minimum absolute atomic E-state index is 0.0356. The number of ether oxygens (including phenoxy) is 6. The van der Waals surface area contributed by atoms with Crippen LogP contribution in [0.5, 0.6) is 0 Å². The second-order valence-electron chi connectivity index (χ2n) is 20.2. The molecule has 0 unspecified atom stereocenters. The lowest BCUT2D eigenvalue weighted by Gasteiger charge is -2.37. The van der Waals surface area contributed by atoms with Gasteiger partial charge in [-0.2, -0.15) is 0 Å². The molecule has 0 spiro atoms. The topological polar surface area (TPSA) is 205 Å². The van der Waals surface area contributed by atoms with Gasteiger partial charge in [0.25, 0.3) is 0 Å². The lowest BCUT2D eigenvalue weighted by molar-refractivity contribution is -0.157.